The Labute approximate surface area is 123 Å². The molecule has 5 heteroatoms. The van der Waals surface area contributed by atoms with Crippen molar-refractivity contribution in [1.82, 2.24) is 4.90 Å². The maximum atomic E-state index is 9.47. The van der Waals surface area contributed by atoms with Crippen LogP contribution in [0.5, 0.6) is 0 Å². The lowest BCUT2D eigenvalue weighted by atomic mass is 10.0. The van der Waals surface area contributed by atoms with E-state index in [0.29, 0.717) is 10.0 Å². The quantitative estimate of drug-likeness (QED) is 0.836. The van der Waals surface area contributed by atoms with E-state index in [4.69, 9.17) is 27.9 Å². The molecule has 0 radical (unpaired) electrons. The molecule has 0 saturated carbocycles. The molecule has 0 aromatic heterocycles. The molecule has 0 aliphatic carbocycles. The maximum absolute atomic E-state index is 9.47. The average molecular weight is 299 g/mol. The standard InChI is InChI=1S/C14H16Cl2N2O/c1-9-7-18(8-10(2)19-9)14(6-17)12-4-3-11(15)5-13(12)16/h3-5,9-10,14H,7-8H2,1-2H3. The molecule has 3 unspecified atom stereocenters. The summed E-state index contributed by atoms with van der Waals surface area (Å²) in [7, 11) is 0. The van der Waals surface area contributed by atoms with E-state index < -0.39 is 0 Å². The average Bonchev–Trinajstić information content (AvgIpc) is 2.31. The molecule has 3 nitrogen and oxygen atoms in total. The second-order valence-corrected chi connectivity index (χ2v) is 5.75. The zero-order chi connectivity index (χ0) is 14.0. The molecular weight excluding hydrogens is 283 g/mol. The SMILES string of the molecule is CC1CN(C(C#N)c2ccc(Cl)cc2Cl)CC(C)O1. The Morgan fingerprint density at radius 1 is 1.32 bits per heavy atom. The summed E-state index contributed by atoms with van der Waals surface area (Å²) < 4.78 is 5.69. The Kier molecular flexibility index (Phi) is 4.70. The van der Waals surface area contributed by atoms with Crippen LogP contribution in [0.1, 0.15) is 25.5 Å². The van der Waals surface area contributed by atoms with Gasteiger partial charge in [0.25, 0.3) is 0 Å². The Bertz CT molecular complexity index is 491. The summed E-state index contributed by atoms with van der Waals surface area (Å²) in [6.07, 6.45) is 0.233. The van der Waals surface area contributed by atoms with Gasteiger partial charge in [0.15, 0.2) is 0 Å². The third-order valence-corrected chi connectivity index (χ3v) is 3.75. The number of hydrogen-bond acceptors (Lipinski definition) is 3. The second-order valence-electron chi connectivity index (χ2n) is 4.91. The number of nitrogens with zero attached hydrogens (tertiary/aromatic N) is 2. The van der Waals surface area contributed by atoms with Gasteiger partial charge in [-0.25, -0.2) is 0 Å². The first-order chi connectivity index (χ1) is 9.01. The highest BCUT2D eigenvalue weighted by molar-refractivity contribution is 6.35. The van der Waals surface area contributed by atoms with Crippen LogP contribution in [0.4, 0.5) is 0 Å². The molecule has 1 fully saturated rings. The number of morpholine rings is 1. The zero-order valence-corrected chi connectivity index (χ0v) is 12.4. The van der Waals surface area contributed by atoms with Gasteiger partial charge in [-0.05, 0) is 26.0 Å². The van der Waals surface area contributed by atoms with Gasteiger partial charge in [-0.1, -0.05) is 29.3 Å². The molecule has 0 amide bonds. The molecule has 102 valence electrons. The Morgan fingerprint density at radius 3 is 2.47 bits per heavy atom. The van der Waals surface area contributed by atoms with Gasteiger partial charge in [0.2, 0.25) is 0 Å². The van der Waals surface area contributed by atoms with Crippen LogP contribution in [-0.4, -0.2) is 30.2 Å². The van der Waals surface area contributed by atoms with Crippen molar-refractivity contribution in [3.63, 3.8) is 0 Å². The van der Waals surface area contributed by atoms with E-state index in [0.717, 1.165) is 18.7 Å². The van der Waals surface area contributed by atoms with Gasteiger partial charge in [0.1, 0.15) is 6.04 Å². The van der Waals surface area contributed by atoms with Gasteiger partial charge in [-0.15, -0.1) is 0 Å². The third kappa shape index (κ3) is 3.40. The smallest absolute Gasteiger partial charge is 0.125 e. The lowest BCUT2D eigenvalue weighted by molar-refractivity contribution is -0.0750. The van der Waals surface area contributed by atoms with Crippen LogP contribution in [0.15, 0.2) is 18.2 Å². The van der Waals surface area contributed by atoms with Crippen LogP contribution in [0.2, 0.25) is 10.0 Å². The second kappa shape index (κ2) is 6.11. The summed E-state index contributed by atoms with van der Waals surface area (Å²) in [6, 6.07) is 7.23. The van der Waals surface area contributed by atoms with E-state index in [1.807, 2.05) is 19.9 Å². The van der Waals surface area contributed by atoms with Crippen LogP contribution >= 0.6 is 23.2 Å². The van der Waals surface area contributed by atoms with Crippen LogP contribution < -0.4 is 0 Å². The van der Waals surface area contributed by atoms with Crippen molar-refractivity contribution in [3.8, 4) is 6.07 Å². The minimum atomic E-state index is -0.362. The van der Waals surface area contributed by atoms with Crippen molar-refractivity contribution in [2.45, 2.75) is 32.1 Å². The number of halogens is 2. The van der Waals surface area contributed by atoms with Crippen LogP contribution in [0, 0.1) is 11.3 Å². The maximum Gasteiger partial charge on any atom is 0.125 e. The van der Waals surface area contributed by atoms with Crippen LogP contribution in [-0.2, 0) is 4.74 Å². The van der Waals surface area contributed by atoms with Crippen molar-refractivity contribution in [1.29, 1.82) is 5.26 Å². The van der Waals surface area contributed by atoms with Crippen molar-refractivity contribution < 1.29 is 4.74 Å². The molecule has 2 rings (SSSR count). The first kappa shape index (κ1) is 14.6. The van der Waals surface area contributed by atoms with Crippen molar-refractivity contribution in [2.24, 2.45) is 0 Å². The highest BCUT2D eigenvalue weighted by atomic mass is 35.5. The summed E-state index contributed by atoms with van der Waals surface area (Å²) in [5.74, 6) is 0. The van der Waals surface area contributed by atoms with E-state index in [2.05, 4.69) is 11.0 Å². The first-order valence-electron chi connectivity index (χ1n) is 6.25. The Balaban J connectivity index is 2.27. The van der Waals surface area contributed by atoms with Gasteiger partial charge in [0.05, 0.1) is 18.3 Å². The van der Waals surface area contributed by atoms with E-state index in [9.17, 15) is 5.26 Å². The van der Waals surface area contributed by atoms with Gasteiger partial charge < -0.3 is 4.74 Å². The lowest BCUT2D eigenvalue weighted by Crippen LogP contribution is -2.46. The number of rotatable bonds is 2. The van der Waals surface area contributed by atoms with Gasteiger partial charge in [-0.3, -0.25) is 4.90 Å². The molecule has 1 aliphatic heterocycles. The highest BCUT2D eigenvalue weighted by Gasteiger charge is 2.29. The summed E-state index contributed by atoms with van der Waals surface area (Å²) in [6.45, 7) is 5.48. The fourth-order valence-corrected chi connectivity index (χ4v) is 3.01. The van der Waals surface area contributed by atoms with E-state index >= 15 is 0 Å². The molecule has 0 N–H and O–H groups in total. The molecule has 19 heavy (non-hydrogen) atoms. The van der Waals surface area contributed by atoms with Gasteiger partial charge in [0, 0.05) is 28.7 Å². The first-order valence-corrected chi connectivity index (χ1v) is 7.01. The molecular formula is C14H16Cl2N2O. The molecule has 1 aliphatic rings. The number of ether oxygens (including phenoxy) is 1. The normalized spacial score (nSPS) is 25.8. The molecule has 0 spiro atoms. The minimum Gasteiger partial charge on any atom is -0.373 e. The van der Waals surface area contributed by atoms with Crippen molar-refractivity contribution >= 4 is 23.2 Å². The van der Waals surface area contributed by atoms with E-state index in [1.54, 1.807) is 12.1 Å². The summed E-state index contributed by atoms with van der Waals surface area (Å²) in [5, 5.41) is 10.6. The van der Waals surface area contributed by atoms with Crippen LogP contribution in [0.3, 0.4) is 0 Å². The van der Waals surface area contributed by atoms with Gasteiger partial charge in [-0.2, -0.15) is 5.26 Å². The highest BCUT2D eigenvalue weighted by Crippen LogP contribution is 2.31. The number of nitriles is 1. The molecule has 1 saturated heterocycles. The minimum absolute atomic E-state index is 0.116. The predicted molar refractivity (Wildman–Crippen MR) is 76.4 cm³/mol. The monoisotopic (exact) mass is 298 g/mol. The number of benzene rings is 1. The number of hydrogen-bond donors (Lipinski definition) is 0. The third-order valence-electron chi connectivity index (χ3n) is 3.19. The van der Waals surface area contributed by atoms with Crippen molar-refractivity contribution in [3.05, 3.63) is 33.8 Å². The van der Waals surface area contributed by atoms with Gasteiger partial charge >= 0.3 is 0 Å². The Morgan fingerprint density at radius 2 is 1.95 bits per heavy atom. The summed E-state index contributed by atoms with van der Waals surface area (Å²) in [4.78, 5) is 2.11. The molecule has 3 atom stereocenters. The topological polar surface area (TPSA) is 36.3 Å². The molecule has 1 aromatic carbocycles. The lowest BCUT2D eigenvalue weighted by Gasteiger charge is -2.38. The van der Waals surface area contributed by atoms with E-state index in [-0.39, 0.29) is 18.2 Å². The fourth-order valence-electron chi connectivity index (χ4n) is 2.50. The fraction of sp³-hybridized carbons (Fsp3) is 0.500. The van der Waals surface area contributed by atoms with Crippen molar-refractivity contribution in [2.75, 3.05) is 13.1 Å². The summed E-state index contributed by atoms with van der Waals surface area (Å²) in [5.41, 5.74) is 0.801. The van der Waals surface area contributed by atoms with Crippen LogP contribution in [0.25, 0.3) is 0 Å². The zero-order valence-electron chi connectivity index (χ0n) is 10.9. The molecule has 1 aromatic rings. The largest absolute Gasteiger partial charge is 0.373 e. The summed E-state index contributed by atoms with van der Waals surface area (Å²) >= 11 is 12.1. The molecule has 1 heterocycles. The Hall–Kier alpha value is -0.790. The molecule has 0 bridgehead atoms. The van der Waals surface area contributed by atoms with E-state index in [1.165, 1.54) is 0 Å². The predicted octanol–water partition coefficient (Wildman–Crippen LogP) is 3.67.